The van der Waals surface area contributed by atoms with Crippen molar-refractivity contribution in [3.63, 3.8) is 0 Å². The number of carbonyl (C=O) groups is 1. The third-order valence-corrected chi connectivity index (χ3v) is 8.70. The van der Waals surface area contributed by atoms with Crippen LogP contribution in [0.1, 0.15) is 25.3 Å². The van der Waals surface area contributed by atoms with Crippen LogP contribution >= 0.6 is 9.24 Å². The molecule has 164 valence electrons. The molecule has 0 amide bonds. The normalized spacial score (nSPS) is 32.3. The fourth-order valence-corrected chi connectivity index (χ4v) is 6.97. The lowest BCUT2D eigenvalue weighted by atomic mass is 9.72. The first-order valence-electron chi connectivity index (χ1n) is 11.3. The van der Waals surface area contributed by atoms with E-state index in [-0.39, 0.29) is 18.0 Å². The van der Waals surface area contributed by atoms with Crippen molar-refractivity contribution in [2.24, 2.45) is 11.8 Å². The van der Waals surface area contributed by atoms with Crippen LogP contribution in [-0.4, -0.2) is 63.4 Å². The van der Waals surface area contributed by atoms with Crippen LogP contribution in [0.15, 0.2) is 29.7 Å². The monoisotopic (exact) mass is 441 g/mol. The molecule has 5 aliphatic rings. The molecular weight excluding hydrogens is 411 g/mol. The van der Waals surface area contributed by atoms with Crippen molar-refractivity contribution in [3.05, 3.63) is 35.2 Å². The predicted octanol–water partition coefficient (Wildman–Crippen LogP) is 2.43. The average molecular weight is 441 g/mol. The molecule has 6 rings (SSSR count). The minimum atomic E-state index is -0.247. The Balaban J connectivity index is 1.43. The number of nitrogens with zero attached hydrogens (tertiary/aromatic N) is 2. The van der Waals surface area contributed by atoms with Gasteiger partial charge in [-0.3, -0.25) is 9.38 Å². The van der Waals surface area contributed by atoms with Gasteiger partial charge in [0.1, 0.15) is 30.2 Å². The molecule has 7 heteroatoms. The van der Waals surface area contributed by atoms with Crippen LogP contribution in [0.3, 0.4) is 0 Å². The van der Waals surface area contributed by atoms with E-state index in [4.69, 9.17) is 14.2 Å². The third kappa shape index (κ3) is 2.65. The van der Waals surface area contributed by atoms with E-state index in [0.717, 1.165) is 41.5 Å². The number of hydrogen-bond donors (Lipinski definition) is 0. The number of hydrogen-bond acceptors (Lipinski definition) is 5. The van der Waals surface area contributed by atoms with E-state index in [2.05, 4.69) is 33.2 Å². The Morgan fingerprint density at radius 2 is 2.10 bits per heavy atom. The van der Waals surface area contributed by atoms with Gasteiger partial charge in [0.05, 0.1) is 38.2 Å². The second-order valence-electron chi connectivity index (χ2n) is 9.56. The number of fused-ring (bicyclic) bond motifs is 7. The van der Waals surface area contributed by atoms with Crippen LogP contribution in [-0.2, 0) is 14.3 Å². The van der Waals surface area contributed by atoms with Crippen molar-refractivity contribution in [1.82, 2.24) is 9.38 Å². The largest absolute Gasteiger partial charge is 0.497 e. The molecule has 0 bridgehead atoms. The maximum absolute atomic E-state index is 12.5. The number of esters is 1. The number of rotatable bonds is 2. The van der Waals surface area contributed by atoms with Gasteiger partial charge < -0.3 is 14.2 Å². The van der Waals surface area contributed by atoms with Crippen molar-refractivity contribution in [2.75, 3.05) is 40.4 Å². The lowest BCUT2D eigenvalue weighted by molar-refractivity contribution is -0.139. The zero-order chi connectivity index (χ0) is 21.5. The van der Waals surface area contributed by atoms with Crippen LogP contribution in [0.4, 0.5) is 5.69 Å². The molecule has 2 fully saturated rings. The molecule has 0 N–H and O–H groups in total. The molecule has 5 heterocycles. The maximum Gasteiger partial charge on any atom is 0.337 e. The minimum Gasteiger partial charge on any atom is -0.497 e. The summed E-state index contributed by atoms with van der Waals surface area (Å²) >= 11 is 0. The summed E-state index contributed by atoms with van der Waals surface area (Å²) in [6.45, 7) is 6.49. The van der Waals surface area contributed by atoms with E-state index < -0.39 is 0 Å². The van der Waals surface area contributed by atoms with Gasteiger partial charge in [-0.15, -0.1) is 9.24 Å². The maximum atomic E-state index is 12.5. The highest BCUT2D eigenvalue weighted by Crippen LogP contribution is 2.57. The van der Waals surface area contributed by atoms with Crippen LogP contribution < -0.4 is 14.5 Å². The van der Waals surface area contributed by atoms with Crippen molar-refractivity contribution in [3.8, 4) is 5.75 Å². The molecule has 31 heavy (non-hydrogen) atoms. The first-order valence-corrected chi connectivity index (χ1v) is 11.8. The predicted molar refractivity (Wildman–Crippen MR) is 123 cm³/mol. The smallest absolute Gasteiger partial charge is 0.337 e. The molecular formula is C24H30N2O4P+. The molecule has 6 nitrogen and oxygen atoms in total. The summed E-state index contributed by atoms with van der Waals surface area (Å²) in [6.07, 6.45) is 3.81. The molecule has 0 aliphatic carbocycles. The number of carbonyl (C=O) groups excluding carboxylic acids is 1. The number of methoxy groups -OCH3 is 2. The number of benzene rings is 1. The summed E-state index contributed by atoms with van der Waals surface area (Å²) in [5.74, 6) is 1.20. The molecule has 1 aromatic rings. The van der Waals surface area contributed by atoms with E-state index in [9.17, 15) is 4.79 Å². The van der Waals surface area contributed by atoms with Gasteiger partial charge in [0, 0.05) is 47.4 Å². The Morgan fingerprint density at radius 1 is 1.29 bits per heavy atom. The van der Waals surface area contributed by atoms with Crippen molar-refractivity contribution >= 4 is 31.8 Å². The van der Waals surface area contributed by atoms with E-state index >= 15 is 0 Å². The van der Waals surface area contributed by atoms with Gasteiger partial charge in [-0.1, -0.05) is 0 Å². The standard InChI is InChI=1S/C24H30N2O4P/c1-13-17-11-25-5-4-14-16-9-21(28-2)22(31)10-20(16)26(6-7-26)23(14)19(25)8-15(17)18(12-30-13)24(27)29-3/h9-10,12-13,15,17,19H,4-8,11,31H2,1-3H3/q+1. The molecule has 0 saturated carbocycles. The summed E-state index contributed by atoms with van der Waals surface area (Å²) in [4.78, 5) is 15.2. The van der Waals surface area contributed by atoms with Gasteiger partial charge in [0.2, 0.25) is 0 Å². The zero-order valence-electron chi connectivity index (χ0n) is 18.4. The quantitative estimate of drug-likeness (QED) is 0.305. The summed E-state index contributed by atoms with van der Waals surface area (Å²) < 4.78 is 17.6. The average Bonchev–Trinajstić information content (AvgIpc) is 3.53. The SMILES string of the molecule is COC(=O)C1=COC(C)C2CN3CCC4=C(C3CC12)[N+]1(CC1)c1cc(P)c(OC)cc14. The number of piperidine rings is 1. The first-order chi connectivity index (χ1) is 15.0. The molecule has 1 spiro atoms. The highest BCUT2D eigenvalue weighted by atomic mass is 31.0. The minimum absolute atomic E-state index is 0.115. The topological polar surface area (TPSA) is 48.0 Å². The lowest BCUT2D eigenvalue weighted by Gasteiger charge is -2.49. The van der Waals surface area contributed by atoms with Crippen LogP contribution in [0.25, 0.3) is 5.57 Å². The van der Waals surface area contributed by atoms with E-state index in [0.29, 0.717) is 17.5 Å². The molecule has 2 saturated heterocycles. The Morgan fingerprint density at radius 3 is 2.81 bits per heavy atom. The highest BCUT2D eigenvalue weighted by Gasteiger charge is 2.61. The number of quaternary nitrogens is 1. The van der Waals surface area contributed by atoms with Gasteiger partial charge in [-0.05, 0) is 25.8 Å². The fourth-order valence-electron chi connectivity index (χ4n) is 6.61. The second-order valence-corrected chi connectivity index (χ2v) is 10.2. The van der Waals surface area contributed by atoms with Gasteiger partial charge in [-0.2, -0.15) is 0 Å². The van der Waals surface area contributed by atoms with Crippen molar-refractivity contribution in [1.29, 1.82) is 0 Å². The van der Waals surface area contributed by atoms with Crippen molar-refractivity contribution in [2.45, 2.75) is 31.9 Å². The molecule has 5 atom stereocenters. The van der Waals surface area contributed by atoms with Crippen LogP contribution in [0, 0.1) is 11.8 Å². The summed E-state index contributed by atoms with van der Waals surface area (Å²) in [5.41, 5.74) is 6.60. The van der Waals surface area contributed by atoms with E-state index in [1.807, 2.05) is 0 Å². The van der Waals surface area contributed by atoms with Gasteiger partial charge in [0.25, 0.3) is 0 Å². The molecule has 0 aromatic heterocycles. The zero-order valence-corrected chi connectivity index (χ0v) is 19.5. The van der Waals surface area contributed by atoms with Gasteiger partial charge in [0.15, 0.2) is 0 Å². The Labute approximate surface area is 185 Å². The van der Waals surface area contributed by atoms with Gasteiger partial charge in [-0.25, -0.2) is 4.79 Å². The van der Waals surface area contributed by atoms with Crippen LogP contribution in [0.2, 0.25) is 0 Å². The second kappa shape index (κ2) is 6.81. The third-order valence-electron chi connectivity index (χ3n) is 8.25. The first kappa shape index (κ1) is 19.8. The Kier molecular flexibility index (Phi) is 4.34. The fraction of sp³-hybridized carbons (Fsp3) is 0.542. The van der Waals surface area contributed by atoms with Crippen molar-refractivity contribution < 1.29 is 19.0 Å². The molecule has 0 radical (unpaired) electrons. The van der Waals surface area contributed by atoms with Crippen LogP contribution in [0.5, 0.6) is 5.75 Å². The highest BCUT2D eigenvalue weighted by molar-refractivity contribution is 7.27. The Bertz CT molecular complexity index is 1040. The number of ether oxygens (including phenoxy) is 3. The lowest BCUT2D eigenvalue weighted by Crippen LogP contribution is -2.56. The molecule has 5 unspecified atom stereocenters. The van der Waals surface area contributed by atoms with E-state index in [1.165, 1.54) is 37.0 Å². The summed E-state index contributed by atoms with van der Waals surface area (Å²) in [5, 5.41) is 1.13. The molecule has 1 aromatic carbocycles. The summed E-state index contributed by atoms with van der Waals surface area (Å²) in [6, 6.07) is 4.92. The molecule has 5 aliphatic heterocycles. The van der Waals surface area contributed by atoms with Gasteiger partial charge >= 0.3 is 5.97 Å². The van der Waals surface area contributed by atoms with E-state index in [1.54, 1.807) is 19.1 Å². The summed E-state index contributed by atoms with van der Waals surface area (Å²) in [7, 11) is 6.05. The Hall–Kier alpha value is -1.88.